The molecule has 0 aliphatic rings. The highest BCUT2D eigenvalue weighted by Crippen LogP contribution is 2.25. The summed E-state index contributed by atoms with van der Waals surface area (Å²) in [5.41, 5.74) is 10.8. The van der Waals surface area contributed by atoms with Gasteiger partial charge in [-0.1, -0.05) is 0 Å². The monoisotopic (exact) mass is 208 g/mol. The summed E-state index contributed by atoms with van der Waals surface area (Å²) in [5.74, 6) is 0.309. The molecule has 0 saturated carbocycles. The number of rotatable bonds is 3. The van der Waals surface area contributed by atoms with E-state index in [4.69, 9.17) is 16.2 Å². The lowest BCUT2D eigenvalue weighted by Gasteiger charge is -2.02. The van der Waals surface area contributed by atoms with Gasteiger partial charge in [-0.2, -0.15) is 5.10 Å². The van der Waals surface area contributed by atoms with Crippen molar-refractivity contribution >= 4 is 12.2 Å². The maximum Gasteiger partial charge on any atom is 0.211 e. The minimum absolute atomic E-state index is 0.0335. The number of methoxy groups -OCH3 is 1. The van der Waals surface area contributed by atoms with E-state index < -0.39 is 0 Å². The third-order valence-corrected chi connectivity index (χ3v) is 1.58. The standard InChI is InChI=1S/C9H12N4O2/c1-15-8-3-2-6(4-7(8)14)5-12-13-9(10)11/h2-5,14H,1H3,(H4,10,11,13)/b12-5-. The molecule has 1 aromatic rings. The fourth-order valence-corrected chi connectivity index (χ4v) is 0.950. The van der Waals surface area contributed by atoms with Crippen LogP contribution < -0.4 is 16.2 Å². The van der Waals surface area contributed by atoms with E-state index in [9.17, 15) is 5.11 Å². The summed E-state index contributed by atoms with van der Waals surface area (Å²) >= 11 is 0. The quantitative estimate of drug-likeness (QED) is 0.369. The van der Waals surface area contributed by atoms with Gasteiger partial charge in [0.15, 0.2) is 11.5 Å². The van der Waals surface area contributed by atoms with Crippen molar-refractivity contribution in [1.82, 2.24) is 0 Å². The van der Waals surface area contributed by atoms with Gasteiger partial charge in [0.1, 0.15) is 0 Å². The summed E-state index contributed by atoms with van der Waals surface area (Å²) in [6, 6.07) is 4.82. The molecule has 0 unspecified atom stereocenters. The summed E-state index contributed by atoms with van der Waals surface area (Å²) < 4.78 is 4.88. The van der Waals surface area contributed by atoms with Crippen LogP contribution in [0.2, 0.25) is 0 Å². The molecule has 80 valence electrons. The van der Waals surface area contributed by atoms with Crippen LogP contribution in [0.3, 0.4) is 0 Å². The zero-order valence-corrected chi connectivity index (χ0v) is 8.21. The number of nitrogens with zero attached hydrogens (tertiary/aromatic N) is 2. The number of hydrogen-bond donors (Lipinski definition) is 3. The fourth-order valence-electron chi connectivity index (χ4n) is 0.950. The van der Waals surface area contributed by atoms with Gasteiger partial charge in [-0.25, -0.2) is 0 Å². The van der Waals surface area contributed by atoms with Crippen LogP contribution in [-0.4, -0.2) is 24.4 Å². The molecule has 0 aromatic heterocycles. The number of phenolic OH excluding ortho intramolecular Hbond substituents is 1. The van der Waals surface area contributed by atoms with Gasteiger partial charge in [0.05, 0.1) is 13.3 Å². The Morgan fingerprint density at radius 2 is 2.20 bits per heavy atom. The molecule has 0 saturated heterocycles. The Kier molecular flexibility index (Phi) is 3.50. The first kappa shape index (κ1) is 10.8. The number of hydrogen-bond acceptors (Lipinski definition) is 4. The number of phenols is 1. The summed E-state index contributed by atoms with van der Waals surface area (Å²) in [4.78, 5) is 0. The normalized spacial score (nSPS) is 10.2. The second-order valence-electron chi connectivity index (χ2n) is 2.70. The second kappa shape index (κ2) is 4.85. The molecule has 0 heterocycles. The van der Waals surface area contributed by atoms with Crippen molar-refractivity contribution in [3.63, 3.8) is 0 Å². The molecule has 0 aliphatic carbocycles. The van der Waals surface area contributed by atoms with Gasteiger partial charge in [0, 0.05) is 0 Å². The summed E-state index contributed by atoms with van der Waals surface area (Å²) in [6.07, 6.45) is 1.42. The summed E-state index contributed by atoms with van der Waals surface area (Å²) in [6.45, 7) is 0. The van der Waals surface area contributed by atoms with E-state index in [1.54, 1.807) is 12.1 Å². The van der Waals surface area contributed by atoms with Crippen molar-refractivity contribution in [3.8, 4) is 11.5 Å². The van der Waals surface area contributed by atoms with Crippen molar-refractivity contribution < 1.29 is 9.84 Å². The minimum atomic E-state index is -0.121. The Morgan fingerprint density at radius 1 is 1.47 bits per heavy atom. The van der Waals surface area contributed by atoms with Crippen molar-refractivity contribution in [2.75, 3.05) is 7.11 Å². The first-order valence-corrected chi connectivity index (χ1v) is 4.12. The number of ether oxygens (including phenoxy) is 1. The molecular weight excluding hydrogens is 196 g/mol. The van der Waals surface area contributed by atoms with Gasteiger partial charge < -0.3 is 21.3 Å². The highest BCUT2D eigenvalue weighted by Gasteiger charge is 2.00. The fraction of sp³-hybridized carbons (Fsp3) is 0.111. The lowest BCUT2D eigenvalue weighted by Crippen LogP contribution is -2.21. The van der Waals surface area contributed by atoms with Crippen molar-refractivity contribution in [3.05, 3.63) is 23.8 Å². The Balaban J connectivity index is 2.84. The third kappa shape index (κ3) is 3.18. The van der Waals surface area contributed by atoms with Crippen LogP contribution in [0.1, 0.15) is 5.56 Å². The molecule has 1 aromatic carbocycles. The maximum atomic E-state index is 9.43. The predicted molar refractivity (Wildman–Crippen MR) is 58.1 cm³/mol. The molecule has 6 nitrogen and oxygen atoms in total. The number of guanidine groups is 1. The summed E-state index contributed by atoms with van der Waals surface area (Å²) in [5, 5.41) is 16.4. The molecule has 0 aliphatic heterocycles. The lowest BCUT2D eigenvalue weighted by atomic mass is 10.2. The van der Waals surface area contributed by atoms with E-state index in [-0.39, 0.29) is 11.7 Å². The topological polar surface area (TPSA) is 106 Å². The van der Waals surface area contributed by atoms with Crippen LogP contribution in [0.5, 0.6) is 11.5 Å². The average Bonchev–Trinajstić information content (AvgIpc) is 2.17. The molecule has 0 fully saturated rings. The first-order valence-electron chi connectivity index (χ1n) is 4.12. The van der Waals surface area contributed by atoms with Crippen LogP contribution in [0.25, 0.3) is 0 Å². The van der Waals surface area contributed by atoms with Crippen molar-refractivity contribution in [2.24, 2.45) is 21.7 Å². The molecule has 0 radical (unpaired) electrons. The van der Waals surface area contributed by atoms with Crippen LogP contribution >= 0.6 is 0 Å². The second-order valence-corrected chi connectivity index (χ2v) is 2.70. The molecule has 5 N–H and O–H groups in total. The first-order chi connectivity index (χ1) is 7.13. The Bertz CT molecular complexity index is 397. The van der Waals surface area contributed by atoms with E-state index in [1.807, 2.05) is 0 Å². The van der Waals surface area contributed by atoms with Gasteiger partial charge in [0.25, 0.3) is 0 Å². The van der Waals surface area contributed by atoms with E-state index in [2.05, 4.69) is 10.2 Å². The van der Waals surface area contributed by atoms with E-state index in [0.29, 0.717) is 11.3 Å². The van der Waals surface area contributed by atoms with Gasteiger partial charge in [-0.3, -0.25) is 0 Å². The molecule has 1 rings (SSSR count). The van der Waals surface area contributed by atoms with Crippen LogP contribution in [0.4, 0.5) is 0 Å². The Morgan fingerprint density at radius 3 is 2.73 bits per heavy atom. The Hall–Kier alpha value is -2.24. The molecule has 6 heteroatoms. The molecule has 15 heavy (non-hydrogen) atoms. The largest absolute Gasteiger partial charge is 0.504 e. The van der Waals surface area contributed by atoms with Gasteiger partial charge in [-0.15, -0.1) is 5.10 Å². The van der Waals surface area contributed by atoms with Gasteiger partial charge in [-0.05, 0) is 23.8 Å². The van der Waals surface area contributed by atoms with E-state index in [1.165, 1.54) is 19.4 Å². The molecular formula is C9H12N4O2. The van der Waals surface area contributed by atoms with E-state index >= 15 is 0 Å². The molecule has 0 spiro atoms. The lowest BCUT2D eigenvalue weighted by molar-refractivity contribution is 0.373. The SMILES string of the molecule is COc1ccc(/C=N\N=C(N)N)cc1O. The highest BCUT2D eigenvalue weighted by molar-refractivity contribution is 5.82. The van der Waals surface area contributed by atoms with Crippen molar-refractivity contribution in [2.45, 2.75) is 0 Å². The molecule has 0 amide bonds. The molecule has 0 atom stereocenters. The van der Waals surface area contributed by atoms with E-state index in [0.717, 1.165) is 0 Å². The van der Waals surface area contributed by atoms with Crippen LogP contribution in [0.15, 0.2) is 28.4 Å². The number of aromatic hydroxyl groups is 1. The Labute approximate surface area is 86.9 Å². The van der Waals surface area contributed by atoms with Crippen molar-refractivity contribution in [1.29, 1.82) is 0 Å². The number of benzene rings is 1. The summed E-state index contributed by atoms with van der Waals surface area (Å²) in [7, 11) is 1.47. The maximum absolute atomic E-state index is 9.43. The van der Waals surface area contributed by atoms with Gasteiger partial charge >= 0.3 is 0 Å². The predicted octanol–water partition coefficient (Wildman–Crippen LogP) is 0.00810. The van der Waals surface area contributed by atoms with Gasteiger partial charge in [0.2, 0.25) is 5.96 Å². The minimum Gasteiger partial charge on any atom is -0.504 e. The number of nitrogens with two attached hydrogens (primary N) is 2. The highest BCUT2D eigenvalue weighted by atomic mass is 16.5. The molecule has 0 bridgehead atoms. The zero-order chi connectivity index (χ0) is 11.3. The smallest absolute Gasteiger partial charge is 0.211 e. The van der Waals surface area contributed by atoms with Crippen LogP contribution in [-0.2, 0) is 0 Å². The third-order valence-electron chi connectivity index (χ3n) is 1.58. The zero-order valence-electron chi connectivity index (χ0n) is 8.21. The van der Waals surface area contributed by atoms with Crippen LogP contribution in [0, 0.1) is 0 Å². The average molecular weight is 208 g/mol.